The number of Topliss-reactive ketones (excluding diaryl/α,β-unsaturated/α-hetero) is 1. The molecule has 1 aliphatic carbocycles. The minimum Gasteiger partial charge on any atom is -0.465 e. The second-order valence-electron chi connectivity index (χ2n) is 4.48. The molecule has 0 fully saturated rings. The van der Waals surface area contributed by atoms with Gasteiger partial charge in [-0.3, -0.25) is 19.0 Å². The third-order valence-corrected chi connectivity index (χ3v) is 3.30. The smallest absolute Gasteiger partial charge is 0.326 e. The molecular formula is C15H14ClNO4. The maximum atomic E-state index is 12.4. The molecule has 0 bridgehead atoms. The number of ketones is 1. The fourth-order valence-electron chi connectivity index (χ4n) is 2.19. The van der Waals surface area contributed by atoms with Gasteiger partial charge in [-0.25, -0.2) is 0 Å². The number of rotatable bonds is 4. The van der Waals surface area contributed by atoms with Gasteiger partial charge in [0, 0.05) is 10.6 Å². The number of halogens is 1. The van der Waals surface area contributed by atoms with Crippen molar-refractivity contribution >= 4 is 23.4 Å². The summed E-state index contributed by atoms with van der Waals surface area (Å²) in [4.78, 5) is 35.7. The maximum absolute atomic E-state index is 12.4. The Hall–Kier alpha value is -2.14. The van der Waals surface area contributed by atoms with Crippen molar-refractivity contribution in [1.82, 2.24) is 4.57 Å². The van der Waals surface area contributed by atoms with Gasteiger partial charge in [-0.05, 0) is 32.0 Å². The second-order valence-corrected chi connectivity index (χ2v) is 4.91. The normalized spacial score (nSPS) is 10.6. The summed E-state index contributed by atoms with van der Waals surface area (Å²) < 4.78 is 6.09. The van der Waals surface area contributed by atoms with E-state index >= 15 is 0 Å². The van der Waals surface area contributed by atoms with Gasteiger partial charge in [0.05, 0.1) is 17.9 Å². The fourth-order valence-corrected chi connectivity index (χ4v) is 2.32. The van der Waals surface area contributed by atoms with Crippen LogP contribution in [0.5, 0.6) is 0 Å². The van der Waals surface area contributed by atoms with E-state index in [1.807, 2.05) is 0 Å². The average molecular weight is 308 g/mol. The molecule has 1 heterocycles. The first kappa shape index (κ1) is 15.3. The summed E-state index contributed by atoms with van der Waals surface area (Å²) >= 11 is 5.93. The molecule has 110 valence electrons. The van der Waals surface area contributed by atoms with E-state index in [9.17, 15) is 14.4 Å². The third-order valence-electron chi connectivity index (χ3n) is 3.05. The zero-order valence-corrected chi connectivity index (χ0v) is 12.4. The molecule has 0 amide bonds. The standard InChI is InChI=1S/C15H14ClNO4/c1-3-21-13(19)8-17-12-7-5-10(16)4-6-11(12)14(9(2)18)15(17)20/h4-7H,3,8H2,1-2H3. The van der Waals surface area contributed by atoms with Crippen molar-refractivity contribution in [2.75, 3.05) is 6.61 Å². The Labute approximate surface area is 126 Å². The quantitative estimate of drug-likeness (QED) is 0.642. The molecule has 0 N–H and O–H groups in total. The summed E-state index contributed by atoms with van der Waals surface area (Å²) in [6, 6.07) is 6.43. The van der Waals surface area contributed by atoms with Gasteiger partial charge in [0.1, 0.15) is 6.54 Å². The van der Waals surface area contributed by atoms with Gasteiger partial charge < -0.3 is 4.74 Å². The summed E-state index contributed by atoms with van der Waals surface area (Å²) in [6.45, 7) is 2.99. The summed E-state index contributed by atoms with van der Waals surface area (Å²) in [5, 5.41) is 0.468. The number of carbonyl (C=O) groups is 2. The van der Waals surface area contributed by atoms with Gasteiger partial charge in [0.2, 0.25) is 0 Å². The lowest BCUT2D eigenvalue weighted by Crippen LogP contribution is -2.24. The van der Waals surface area contributed by atoms with Crippen LogP contribution in [0, 0.1) is 0 Å². The zero-order valence-electron chi connectivity index (χ0n) is 11.7. The molecule has 0 aromatic rings. The number of carbonyl (C=O) groups excluding carboxylic acids is 2. The molecule has 1 aliphatic heterocycles. The highest BCUT2D eigenvalue weighted by molar-refractivity contribution is 6.30. The largest absolute Gasteiger partial charge is 0.465 e. The molecule has 0 saturated carbocycles. The molecule has 0 saturated heterocycles. The van der Waals surface area contributed by atoms with Crippen molar-refractivity contribution in [2.24, 2.45) is 0 Å². The predicted molar refractivity (Wildman–Crippen MR) is 79.0 cm³/mol. The van der Waals surface area contributed by atoms with Crippen molar-refractivity contribution < 1.29 is 14.3 Å². The highest BCUT2D eigenvalue weighted by atomic mass is 35.5. The summed E-state index contributed by atoms with van der Waals surface area (Å²) in [6.07, 6.45) is 0. The molecule has 5 nitrogen and oxygen atoms in total. The average Bonchev–Trinajstić information content (AvgIpc) is 2.54. The topological polar surface area (TPSA) is 65.4 Å². The summed E-state index contributed by atoms with van der Waals surface area (Å²) in [5.74, 6) is -0.880. The van der Waals surface area contributed by atoms with E-state index in [-0.39, 0.29) is 24.5 Å². The Morgan fingerprint density at radius 3 is 2.52 bits per heavy atom. The molecule has 2 rings (SSSR count). The van der Waals surface area contributed by atoms with Gasteiger partial charge in [0.15, 0.2) is 5.78 Å². The minimum atomic E-state index is -0.529. The van der Waals surface area contributed by atoms with Gasteiger partial charge in [-0.1, -0.05) is 17.7 Å². The highest BCUT2D eigenvalue weighted by Crippen LogP contribution is 2.26. The van der Waals surface area contributed by atoms with Gasteiger partial charge in [-0.15, -0.1) is 0 Å². The van der Waals surface area contributed by atoms with Crippen LogP contribution in [0.3, 0.4) is 0 Å². The first-order valence-electron chi connectivity index (χ1n) is 6.44. The SMILES string of the molecule is CCOC(=O)Cn1c2ccc(Cl)ccc-2c(C(C)=O)c1=O. The zero-order chi connectivity index (χ0) is 15.6. The van der Waals surface area contributed by atoms with Crippen molar-refractivity contribution in [3.8, 4) is 11.3 Å². The lowest BCUT2D eigenvalue weighted by Gasteiger charge is -2.05. The Balaban J connectivity index is 2.66. The molecule has 0 unspecified atom stereocenters. The molecule has 0 radical (unpaired) electrons. The molecule has 0 aromatic carbocycles. The molecule has 6 heteroatoms. The number of fused-ring (bicyclic) bond motifs is 1. The maximum Gasteiger partial charge on any atom is 0.326 e. The Morgan fingerprint density at radius 1 is 1.24 bits per heavy atom. The van der Waals surface area contributed by atoms with E-state index < -0.39 is 11.5 Å². The minimum absolute atomic E-state index is 0.0570. The van der Waals surface area contributed by atoms with Crippen molar-refractivity contribution in [3.63, 3.8) is 0 Å². The van der Waals surface area contributed by atoms with Gasteiger partial charge in [0.25, 0.3) is 5.56 Å². The number of ether oxygens (including phenoxy) is 1. The first-order chi connectivity index (χ1) is 9.95. The number of hydrogen-bond donors (Lipinski definition) is 0. The van der Waals surface area contributed by atoms with Crippen LogP contribution >= 0.6 is 11.6 Å². The van der Waals surface area contributed by atoms with E-state index in [1.165, 1.54) is 11.5 Å². The van der Waals surface area contributed by atoms with E-state index in [0.29, 0.717) is 16.3 Å². The van der Waals surface area contributed by atoms with Crippen LogP contribution in [0.4, 0.5) is 0 Å². The lowest BCUT2D eigenvalue weighted by atomic mass is 10.1. The Bertz CT molecular complexity index is 735. The summed E-state index contributed by atoms with van der Waals surface area (Å²) in [5.41, 5.74) is 0.517. The molecule has 0 spiro atoms. The van der Waals surface area contributed by atoms with E-state index in [1.54, 1.807) is 31.2 Å². The third kappa shape index (κ3) is 2.97. The second kappa shape index (κ2) is 6.10. The first-order valence-corrected chi connectivity index (χ1v) is 6.82. The van der Waals surface area contributed by atoms with E-state index in [0.717, 1.165) is 0 Å². The molecule has 21 heavy (non-hydrogen) atoms. The van der Waals surface area contributed by atoms with Gasteiger partial charge >= 0.3 is 5.97 Å². The van der Waals surface area contributed by atoms with Crippen LogP contribution in [0.1, 0.15) is 24.2 Å². The van der Waals surface area contributed by atoms with E-state index in [4.69, 9.17) is 16.3 Å². The lowest BCUT2D eigenvalue weighted by molar-refractivity contribution is -0.143. The highest BCUT2D eigenvalue weighted by Gasteiger charge is 2.24. The number of aromatic nitrogens is 1. The molecule has 0 aromatic heterocycles. The Kier molecular flexibility index (Phi) is 4.43. The van der Waals surface area contributed by atoms with Crippen molar-refractivity contribution in [1.29, 1.82) is 0 Å². The fraction of sp³-hybridized carbons (Fsp3) is 0.267. The number of hydrogen-bond acceptors (Lipinski definition) is 4. The number of nitrogens with zero attached hydrogens (tertiary/aromatic N) is 1. The van der Waals surface area contributed by atoms with Crippen molar-refractivity contribution in [3.05, 3.63) is 45.2 Å². The molecular weight excluding hydrogens is 294 g/mol. The predicted octanol–water partition coefficient (Wildman–Crippen LogP) is 2.37. The number of esters is 1. The van der Waals surface area contributed by atoms with Crippen LogP contribution in [-0.4, -0.2) is 22.9 Å². The Morgan fingerprint density at radius 2 is 1.90 bits per heavy atom. The van der Waals surface area contributed by atoms with Crippen LogP contribution < -0.4 is 5.56 Å². The van der Waals surface area contributed by atoms with Crippen LogP contribution in [0.25, 0.3) is 11.3 Å². The van der Waals surface area contributed by atoms with Crippen molar-refractivity contribution in [2.45, 2.75) is 20.4 Å². The summed E-state index contributed by atoms with van der Waals surface area (Å²) in [7, 11) is 0. The van der Waals surface area contributed by atoms with Crippen LogP contribution in [0.2, 0.25) is 5.02 Å². The monoisotopic (exact) mass is 307 g/mol. The molecule has 0 atom stereocenters. The van der Waals surface area contributed by atoms with Crippen LogP contribution in [-0.2, 0) is 16.1 Å². The van der Waals surface area contributed by atoms with Gasteiger partial charge in [-0.2, -0.15) is 0 Å². The van der Waals surface area contributed by atoms with Crippen LogP contribution in [0.15, 0.2) is 29.1 Å². The molecule has 2 aliphatic rings. The van der Waals surface area contributed by atoms with E-state index in [2.05, 4.69) is 0 Å².